The number of halogens is 1. The molecule has 1 atom stereocenters. The van der Waals surface area contributed by atoms with E-state index in [0.717, 1.165) is 45.2 Å². The normalized spacial score (nSPS) is 16.8. The monoisotopic (exact) mass is 425 g/mol. The lowest BCUT2D eigenvalue weighted by molar-refractivity contribution is 0.0740. The van der Waals surface area contributed by atoms with Crippen LogP contribution in [0.2, 0.25) is 5.02 Å². The molecule has 3 heterocycles. The Kier molecular flexibility index (Phi) is 4.62. The van der Waals surface area contributed by atoms with E-state index in [2.05, 4.69) is 11.1 Å². The van der Waals surface area contributed by atoms with Gasteiger partial charge in [-0.3, -0.25) is 4.79 Å². The van der Waals surface area contributed by atoms with Crippen molar-refractivity contribution in [2.75, 3.05) is 6.54 Å². The zero-order valence-corrected chi connectivity index (χ0v) is 17.2. The summed E-state index contributed by atoms with van der Waals surface area (Å²) in [5.41, 5.74) is 1.86. The third kappa shape index (κ3) is 3.11. The summed E-state index contributed by atoms with van der Waals surface area (Å²) >= 11 is 9.35. The van der Waals surface area contributed by atoms with Crippen molar-refractivity contribution < 1.29 is 4.79 Å². The van der Waals surface area contributed by atoms with Crippen molar-refractivity contribution in [1.82, 2.24) is 14.9 Å². The molecule has 7 heteroatoms. The van der Waals surface area contributed by atoms with E-state index in [-0.39, 0.29) is 11.9 Å². The number of thiazole rings is 2. The molecule has 1 amide bonds. The van der Waals surface area contributed by atoms with Gasteiger partial charge in [-0.2, -0.15) is 0 Å². The number of hydrogen-bond acceptors (Lipinski definition) is 5. The number of hydrogen-bond donors (Lipinski definition) is 0. The molecule has 1 saturated heterocycles. The van der Waals surface area contributed by atoms with Crippen molar-refractivity contribution in [3.63, 3.8) is 0 Å². The average Bonchev–Trinajstić information content (AvgIpc) is 3.45. The van der Waals surface area contributed by atoms with Crippen LogP contribution in [0.4, 0.5) is 0 Å². The van der Waals surface area contributed by atoms with Crippen molar-refractivity contribution in [2.45, 2.75) is 18.9 Å². The second-order valence-corrected chi connectivity index (χ2v) is 9.19. The number of carbonyl (C=O) groups is 1. The van der Waals surface area contributed by atoms with Crippen molar-refractivity contribution in [3.05, 3.63) is 69.6 Å². The Labute approximate surface area is 175 Å². The Hall–Kier alpha value is -2.28. The minimum Gasteiger partial charge on any atom is -0.328 e. The third-order valence-corrected chi connectivity index (χ3v) is 7.42. The highest BCUT2D eigenvalue weighted by Gasteiger charge is 2.33. The maximum absolute atomic E-state index is 13.2. The number of benzene rings is 2. The number of rotatable bonds is 3. The summed E-state index contributed by atoms with van der Waals surface area (Å²) in [5.74, 6) is 0.0255. The molecule has 0 spiro atoms. The van der Waals surface area contributed by atoms with E-state index in [1.54, 1.807) is 17.5 Å². The van der Waals surface area contributed by atoms with Crippen LogP contribution in [0.25, 0.3) is 20.8 Å². The molecule has 1 aliphatic heterocycles. The SMILES string of the molecule is O=C(c1cnc(-c2ccccc2Cl)s1)N1CCCC1c1nc2ccccc2s1. The minimum absolute atomic E-state index is 0.0255. The van der Waals surface area contributed by atoms with Crippen LogP contribution >= 0.6 is 34.3 Å². The Bertz CT molecular complexity index is 1140. The largest absolute Gasteiger partial charge is 0.328 e. The van der Waals surface area contributed by atoms with Crippen molar-refractivity contribution in [1.29, 1.82) is 0 Å². The maximum atomic E-state index is 13.2. The van der Waals surface area contributed by atoms with E-state index in [1.807, 2.05) is 47.4 Å². The van der Waals surface area contributed by atoms with Crippen LogP contribution in [0.5, 0.6) is 0 Å². The van der Waals surface area contributed by atoms with Crippen molar-refractivity contribution in [3.8, 4) is 10.6 Å². The second-order valence-electron chi connectivity index (χ2n) is 6.69. The van der Waals surface area contributed by atoms with Gasteiger partial charge in [-0.05, 0) is 31.0 Å². The zero-order chi connectivity index (χ0) is 19.1. The molecule has 4 nitrogen and oxygen atoms in total. The number of amides is 1. The lowest BCUT2D eigenvalue weighted by atomic mass is 10.2. The van der Waals surface area contributed by atoms with Crippen LogP contribution in [-0.2, 0) is 0 Å². The minimum atomic E-state index is 0.0255. The third-order valence-electron chi connectivity index (χ3n) is 4.93. The molecule has 0 N–H and O–H groups in total. The first-order chi connectivity index (χ1) is 13.7. The molecule has 1 aliphatic rings. The highest BCUT2D eigenvalue weighted by molar-refractivity contribution is 7.18. The van der Waals surface area contributed by atoms with Crippen LogP contribution in [0.15, 0.2) is 54.7 Å². The van der Waals surface area contributed by atoms with Gasteiger partial charge in [-0.25, -0.2) is 9.97 Å². The van der Waals surface area contributed by atoms with Gasteiger partial charge in [0.2, 0.25) is 0 Å². The quantitative estimate of drug-likeness (QED) is 0.401. The molecule has 140 valence electrons. The number of likely N-dealkylation sites (tertiary alicyclic amines) is 1. The Balaban J connectivity index is 1.44. The predicted octanol–water partition coefficient (Wildman–Crippen LogP) is 6.05. The van der Waals surface area contributed by atoms with Gasteiger partial charge in [0.05, 0.1) is 27.5 Å². The van der Waals surface area contributed by atoms with Crippen LogP contribution < -0.4 is 0 Å². The van der Waals surface area contributed by atoms with Crippen molar-refractivity contribution in [2.24, 2.45) is 0 Å². The number of carbonyl (C=O) groups excluding carboxylic acids is 1. The standard InChI is InChI=1S/C21H16ClN3OS2/c22-14-7-2-1-6-13(14)19-23-12-18(28-19)21(26)25-11-5-9-16(25)20-24-15-8-3-4-10-17(15)27-20/h1-4,6-8,10,12,16H,5,9,11H2. The number of fused-ring (bicyclic) bond motifs is 1. The highest BCUT2D eigenvalue weighted by Crippen LogP contribution is 2.38. The molecule has 0 aliphatic carbocycles. The Morgan fingerprint density at radius 1 is 1.11 bits per heavy atom. The first-order valence-corrected chi connectivity index (χ1v) is 11.1. The summed E-state index contributed by atoms with van der Waals surface area (Å²) in [6, 6.07) is 15.7. The molecule has 2 aromatic heterocycles. The lowest BCUT2D eigenvalue weighted by Gasteiger charge is -2.22. The molecule has 0 saturated carbocycles. The molecule has 1 fully saturated rings. The van der Waals surface area contributed by atoms with Gasteiger partial charge in [0.1, 0.15) is 14.9 Å². The van der Waals surface area contributed by atoms with Gasteiger partial charge in [0.25, 0.3) is 5.91 Å². The molecule has 4 aromatic rings. The number of aromatic nitrogens is 2. The molecule has 0 radical (unpaired) electrons. The van der Waals surface area contributed by atoms with Gasteiger partial charge in [0.15, 0.2) is 0 Å². The van der Waals surface area contributed by atoms with E-state index in [0.29, 0.717) is 9.90 Å². The fraction of sp³-hybridized carbons (Fsp3) is 0.190. The highest BCUT2D eigenvalue weighted by atomic mass is 35.5. The summed E-state index contributed by atoms with van der Waals surface area (Å²) in [6.07, 6.45) is 3.60. The first-order valence-electron chi connectivity index (χ1n) is 9.08. The fourth-order valence-electron chi connectivity index (χ4n) is 3.57. The van der Waals surface area contributed by atoms with Crippen LogP contribution in [0.3, 0.4) is 0 Å². The van der Waals surface area contributed by atoms with E-state index in [1.165, 1.54) is 11.3 Å². The fourth-order valence-corrected chi connectivity index (χ4v) is 5.88. The lowest BCUT2D eigenvalue weighted by Crippen LogP contribution is -2.29. The number of para-hydroxylation sites is 1. The molecule has 1 unspecified atom stereocenters. The van der Waals surface area contributed by atoms with Crippen molar-refractivity contribution >= 4 is 50.4 Å². The predicted molar refractivity (Wildman–Crippen MR) is 115 cm³/mol. The van der Waals surface area contributed by atoms with Crippen LogP contribution in [0, 0.1) is 0 Å². The van der Waals surface area contributed by atoms with Gasteiger partial charge in [0, 0.05) is 12.1 Å². The van der Waals surface area contributed by atoms with E-state index in [4.69, 9.17) is 16.6 Å². The van der Waals surface area contributed by atoms with Crippen LogP contribution in [0.1, 0.15) is 33.6 Å². The first kappa shape index (κ1) is 17.8. The maximum Gasteiger partial charge on any atom is 0.266 e. The topological polar surface area (TPSA) is 46.1 Å². The van der Waals surface area contributed by atoms with E-state index < -0.39 is 0 Å². The molecular weight excluding hydrogens is 410 g/mol. The molecule has 28 heavy (non-hydrogen) atoms. The number of nitrogens with zero attached hydrogens (tertiary/aromatic N) is 3. The van der Waals surface area contributed by atoms with E-state index in [9.17, 15) is 4.79 Å². The second kappa shape index (κ2) is 7.28. The van der Waals surface area contributed by atoms with Crippen LogP contribution in [-0.4, -0.2) is 27.3 Å². The summed E-state index contributed by atoms with van der Waals surface area (Å²) < 4.78 is 1.16. The summed E-state index contributed by atoms with van der Waals surface area (Å²) in [4.78, 5) is 25.0. The molecule has 5 rings (SSSR count). The summed E-state index contributed by atoms with van der Waals surface area (Å²) in [7, 11) is 0. The average molecular weight is 426 g/mol. The smallest absolute Gasteiger partial charge is 0.266 e. The summed E-state index contributed by atoms with van der Waals surface area (Å²) in [6.45, 7) is 0.749. The van der Waals surface area contributed by atoms with Gasteiger partial charge in [-0.15, -0.1) is 22.7 Å². The molecule has 0 bridgehead atoms. The Morgan fingerprint density at radius 2 is 1.93 bits per heavy atom. The Morgan fingerprint density at radius 3 is 2.79 bits per heavy atom. The summed E-state index contributed by atoms with van der Waals surface area (Å²) in [5, 5.41) is 2.43. The molecular formula is C21H16ClN3OS2. The molecule has 2 aromatic carbocycles. The van der Waals surface area contributed by atoms with Gasteiger partial charge >= 0.3 is 0 Å². The van der Waals surface area contributed by atoms with Gasteiger partial charge < -0.3 is 4.90 Å². The van der Waals surface area contributed by atoms with Gasteiger partial charge in [-0.1, -0.05) is 41.9 Å². The van der Waals surface area contributed by atoms with E-state index >= 15 is 0 Å². The zero-order valence-electron chi connectivity index (χ0n) is 14.8.